The first-order valence-electron chi connectivity index (χ1n) is 10.1. The molecule has 1 unspecified atom stereocenters. The summed E-state index contributed by atoms with van der Waals surface area (Å²) in [7, 11) is -1.75. The quantitative estimate of drug-likeness (QED) is 0.450. The Morgan fingerprint density at radius 2 is 1.59 bits per heavy atom. The second-order valence-corrected chi connectivity index (χ2v) is 14.2. The summed E-state index contributed by atoms with van der Waals surface area (Å²) < 4.78 is 5.89. The molecule has 0 aliphatic carbocycles. The Kier molecular flexibility index (Phi) is 7.17. The lowest BCUT2D eigenvalue weighted by atomic mass is 9.79. The summed E-state index contributed by atoms with van der Waals surface area (Å²) >= 11 is 0. The van der Waals surface area contributed by atoms with Gasteiger partial charge in [0.05, 0.1) is 5.41 Å². The molecule has 0 N–H and O–H groups in total. The topological polar surface area (TPSA) is 30.8 Å². The lowest BCUT2D eigenvalue weighted by molar-refractivity contribution is 0.0556. The zero-order chi connectivity index (χ0) is 20.1. The van der Waals surface area contributed by atoms with Gasteiger partial charge in [0.15, 0.2) is 6.61 Å². The fraction of sp³-hybridized carbons (Fsp3) is 0.609. The molecule has 2 rings (SSSR count). The molecule has 0 aromatic heterocycles. The molecule has 1 aliphatic heterocycles. The molecule has 0 bridgehead atoms. The zero-order valence-electron chi connectivity index (χ0n) is 18.0. The summed E-state index contributed by atoms with van der Waals surface area (Å²) in [6, 6.07) is 10.4. The molecule has 0 saturated carbocycles. The summed E-state index contributed by atoms with van der Waals surface area (Å²) in [5.74, 6) is 4.24. The van der Waals surface area contributed by atoms with E-state index >= 15 is 0 Å². The fourth-order valence-electron chi connectivity index (χ4n) is 4.48. The van der Waals surface area contributed by atoms with Crippen molar-refractivity contribution in [3.63, 3.8) is 0 Å². The second kappa shape index (κ2) is 8.97. The highest BCUT2D eigenvalue weighted by atomic mass is 28.3. The van der Waals surface area contributed by atoms with Crippen LogP contribution in [0.15, 0.2) is 35.5 Å². The molecular formula is C23H35NO2Si. The average molecular weight is 386 g/mol. The number of oxime groups is 1. The monoisotopic (exact) mass is 385 g/mol. The van der Waals surface area contributed by atoms with Gasteiger partial charge in [0.2, 0.25) is 5.90 Å². The zero-order valence-corrected chi connectivity index (χ0v) is 19.0. The fourth-order valence-corrected chi connectivity index (χ4v) is 9.74. The van der Waals surface area contributed by atoms with Crippen LogP contribution in [0.4, 0.5) is 0 Å². The predicted octanol–water partition coefficient (Wildman–Crippen LogP) is 5.92. The summed E-state index contributed by atoms with van der Waals surface area (Å²) in [5, 5.41) is 4.24. The first-order chi connectivity index (χ1) is 12.7. The van der Waals surface area contributed by atoms with Crippen LogP contribution in [-0.2, 0) is 15.0 Å². The predicted molar refractivity (Wildman–Crippen MR) is 117 cm³/mol. The molecular weight excluding hydrogens is 350 g/mol. The van der Waals surface area contributed by atoms with E-state index in [4.69, 9.17) is 9.57 Å². The number of rotatable bonds is 6. The highest BCUT2D eigenvalue weighted by Crippen LogP contribution is 2.41. The summed E-state index contributed by atoms with van der Waals surface area (Å²) in [4.78, 5) is 5.34. The summed E-state index contributed by atoms with van der Waals surface area (Å²) in [6.45, 7) is 17.3. The highest BCUT2D eigenvalue weighted by Gasteiger charge is 2.42. The van der Waals surface area contributed by atoms with Crippen LogP contribution in [0.25, 0.3) is 0 Å². The lowest BCUT2D eigenvalue weighted by Gasteiger charge is -2.38. The van der Waals surface area contributed by atoms with Crippen LogP contribution in [0.2, 0.25) is 16.6 Å². The number of nitrogens with zero attached hydrogens (tertiary/aromatic N) is 1. The first kappa shape index (κ1) is 21.6. The number of hydrogen-bond donors (Lipinski definition) is 0. The molecule has 148 valence electrons. The van der Waals surface area contributed by atoms with Gasteiger partial charge in [0.25, 0.3) is 0 Å². The number of hydrogen-bond acceptors (Lipinski definition) is 3. The Hall–Kier alpha value is -1.73. The van der Waals surface area contributed by atoms with E-state index in [-0.39, 0.29) is 0 Å². The van der Waals surface area contributed by atoms with Gasteiger partial charge in [-0.3, -0.25) is 0 Å². The standard InChI is InChI=1S/C23H35NO2Si/c1-18(2)27(19(3)4,20(5)6)17-11-14-23(7,21-12-9-8-10-13-21)22-24-26-16-15-25-22/h8-10,12-13,18-20H,14-16H2,1-7H3. The van der Waals surface area contributed by atoms with E-state index in [1.807, 2.05) is 6.07 Å². The maximum absolute atomic E-state index is 5.89. The van der Waals surface area contributed by atoms with Gasteiger partial charge < -0.3 is 9.57 Å². The molecule has 1 aromatic carbocycles. The maximum atomic E-state index is 5.89. The van der Waals surface area contributed by atoms with Crippen molar-refractivity contribution >= 4 is 14.0 Å². The van der Waals surface area contributed by atoms with Gasteiger partial charge in [0, 0.05) is 6.42 Å². The van der Waals surface area contributed by atoms with Crippen molar-refractivity contribution in [2.75, 3.05) is 13.2 Å². The molecule has 1 aromatic rings. The van der Waals surface area contributed by atoms with E-state index in [0.29, 0.717) is 42.2 Å². The Labute approximate surface area is 166 Å². The van der Waals surface area contributed by atoms with Crippen molar-refractivity contribution in [2.24, 2.45) is 5.16 Å². The smallest absolute Gasteiger partial charge is 0.237 e. The van der Waals surface area contributed by atoms with Crippen LogP contribution in [-0.4, -0.2) is 27.2 Å². The lowest BCUT2D eigenvalue weighted by Crippen LogP contribution is -2.43. The Morgan fingerprint density at radius 3 is 2.07 bits per heavy atom. The maximum Gasteiger partial charge on any atom is 0.237 e. The van der Waals surface area contributed by atoms with Crippen molar-refractivity contribution in [3.8, 4) is 11.5 Å². The van der Waals surface area contributed by atoms with Gasteiger partial charge in [-0.2, -0.15) is 0 Å². The minimum absolute atomic E-state index is 0.403. The second-order valence-electron chi connectivity index (χ2n) is 8.65. The molecule has 27 heavy (non-hydrogen) atoms. The molecule has 0 spiro atoms. The van der Waals surface area contributed by atoms with E-state index in [0.717, 1.165) is 5.56 Å². The first-order valence-corrected chi connectivity index (χ1v) is 12.4. The van der Waals surface area contributed by atoms with Gasteiger partial charge in [-0.05, 0) is 29.1 Å². The minimum Gasteiger partial charge on any atom is -0.474 e. The third kappa shape index (κ3) is 4.40. The van der Waals surface area contributed by atoms with Gasteiger partial charge in [0.1, 0.15) is 14.7 Å². The Bertz CT molecular complexity index is 678. The minimum atomic E-state index is -1.75. The van der Waals surface area contributed by atoms with Crippen molar-refractivity contribution in [2.45, 2.75) is 76.9 Å². The average Bonchev–Trinajstić information content (AvgIpc) is 2.65. The molecule has 0 saturated heterocycles. The van der Waals surface area contributed by atoms with Gasteiger partial charge in [-0.25, -0.2) is 0 Å². The van der Waals surface area contributed by atoms with Crippen molar-refractivity contribution in [1.29, 1.82) is 0 Å². The number of benzene rings is 1. The van der Waals surface area contributed by atoms with Crippen LogP contribution < -0.4 is 0 Å². The van der Waals surface area contributed by atoms with Gasteiger partial charge in [-0.1, -0.05) is 77.0 Å². The van der Waals surface area contributed by atoms with E-state index in [1.165, 1.54) is 0 Å². The highest BCUT2D eigenvalue weighted by molar-refractivity contribution is 6.90. The third-order valence-electron chi connectivity index (χ3n) is 6.06. The largest absolute Gasteiger partial charge is 0.474 e. The molecule has 4 heteroatoms. The van der Waals surface area contributed by atoms with Crippen molar-refractivity contribution < 1.29 is 9.57 Å². The molecule has 0 amide bonds. The molecule has 1 atom stereocenters. The molecule has 1 aliphatic rings. The van der Waals surface area contributed by atoms with E-state index in [9.17, 15) is 0 Å². The van der Waals surface area contributed by atoms with Crippen LogP contribution >= 0.6 is 0 Å². The molecule has 0 radical (unpaired) electrons. The van der Waals surface area contributed by atoms with Crippen molar-refractivity contribution in [1.82, 2.24) is 0 Å². The SMILES string of the molecule is CC(C)[Si](C#CCC(C)(C1=NOCCO1)c1ccccc1)(C(C)C)C(C)C. The van der Waals surface area contributed by atoms with Gasteiger partial charge in [-0.15, -0.1) is 11.5 Å². The van der Waals surface area contributed by atoms with Crippen LogP contribution in [0, 0.1) is 11.5 Å². The Balaban J connectivity index is 2.43. The molecule has 0 fully saturated rings. The van der Waals surface area contributed by atoms with Crippen LogP contribution in [0.5, 0.6) is 0 Å². The molecule has 1 heterocycles. The van der Waals surface area contributed by atoms with Crippen LogP contribution in [0.3, 0.4) is 0 Å². The third-order valence-corrected chi connectivity index (χ3v) is 12.4. The van der Waals surface area contributed by atoms with Crippen molar-refractivity contribution in [3.05, 3.63) is 35.9 Å². The van der Waals surface area contributed by atoms with Crippen LogP contribution in [0.1, 0.15) is 60.5 Å². The molecule has 3 nitrogen and oxygen atoms in total. The van der Waals surface area contributed by atoms with E-state index in [1.54, 1.807) is 0 Å². The van der Waals surface area contributed by atoms with E-state index < -0.39 is 13.5 Å². The summed E-state index contributed by atoms with van der Waals surface area (Å²) in [5.41, 5.74) is 6.47. The normalized spacial score (nSPS) is 16.9. The Morgan fingerprint density at radius 1 is 1.00 bits per heavy atom. The van der Waals surface area contributed by atoms with E-state index in [2.05, 4.69) is 89.4 Å². The summed E-state index contributed by atoms with van der Waals surface area (Å²) in [6.07, 6.45) is 0.681. The number of ether oxygens (including phenoxy) is 1. The van der Waals surface area contributed by atoms with Gasteiger partial charge >= 0.3 is 0 Å².